The number of hydrogen-bond acceptors (Lipinski definition) is 2. The lowest BCUT2D eigenvalue weighted by molar-refractivity contribution is 0.477. The summed E-state index contributed by atoms with van der Waals surface area (Å²) >= 11 is 11.7. The summed E-state index contributed by atoms with van der Waals surface area (Å²) in [7, 11) is 0. The van der Waals surface area contributed by atoms with Gasteiger partial charge in [-0.15, -0.1) is 0 Å². The van der Waals surface area contributed by atoms with Gasteiger partial charge in [-0.2, -0.15) is 5.26 Å². The molecular formula is C13H6Cl2FNO. The predicted molar refractivity (Wildman–Crippen MR) is 67.7 cm³/mol. The summed E-state index contributed by atoms with van der Waals surface area (Å²) in [6.07, 6.45) is 0. The average molecular weight is 282 g/mol. The number of benzene rings is 2. The summed E-state index contributed by atoms with van der Waals surface area (Å²) in [5.41, 5.74) is 0.176. The van der Waals surface area contributed by atoms with Gasteiger partial charge in [-0.1, -0.05) is 23.2 Å². The van der Waals surface area contributed by atoms with E-state index in [9.17, 15) is 4.39 Å². The summed E-state index contributed by atoms with van der Waals surface area (Å²) in [6, 6.07) is 10.3. The van der Waals surface area contributed by atoms with E-state index in [0.717, 1.165) is 6.07 Å². The molecule has 2 aromatic rings. The molecule has 0 amide bonds. The van der Waals surface area contributed by atoms with Crippen molar-refractivity contribution in [1.29, 1.82) is 5.26 Å². The van der Waals surface area contributed by atoms with Crippen LogP contribution >= 0.6 is 23.2 Å². The maximum Gasteiger partial charge on any atom is 0.146 e. The van der Waals surface area contributed by atoms with Gasteiger partial charge in [0.05, 0.1) is 16.7 Å². The Kier molecular flexibility index (Phi) is 3.71. The maximum absolute atomic E-state index is 13.2. The third kappa shape index (κ3) is 2.92. The van der Waals surface area contributed by atoms with Crippen molar-refractivity contribution in [3.63, 3.8) is 0 Å². The van der Waals surface area contributed by atoms with Crippen LogP contribution in [0.4, 0.5) is 4.39 Å². The largest absolute Gasteiger partial charge is 0.456 e. The molecular weight excluding hydrogens is 276 g/mol. The first kappa shape index (κ1) is 12.7. The Bertz CT molecular complexity index is 637. The zero-order valence-electron chi connectivity index (χ0n) is 8.95. The van der Waals surface area contributed by atoms with Crippen molar-refractivity contribution in [3.8, 4) is 17.6 Å². The van der Waals surface area contributed by atoms with E-state index in [-0.39, 0.29) is 11.3 Å². The Balaban J connectivity index is 2.34. The minimum atomic E-state index is -0.547. The average Bonchev–Trinajstić information content (AvgIpc) is 2.32. The molecule has 0 bridgehead atoms. The molecule has 0 spiro atoms. The number of nitrogens with zero attached hydrogens (tertiary/aromatic N) is 1. The van der Waals surface area contributed by atoms with Gasteiger partial charge >= 0.3 is 0 Å². The number of nitriles is 1. The molecule has 2 rings (SSSR count). The second-order valence-electron chi connectivity index (χ2n) is 3.46. The summed E-state index contributed by atoms with van der Waals surface area (Å²) in [5.74, 6) is 0.000430. The maximum atomic E-state index is 13.2. The molecule has 2 nitrogen and oxygen atoms in total. The fourth-order valence-electron chi connectivity index (χ4n) is 1.37. The molecule has 0 saturated carbocycles. The van der Waals surface area contributed by atoms with Crippen molar-refractivity contribution in [1.82, 2.24) is 0 Å². The molecule has 0 N–H and O–H groups in total. The lowest BCUT2D eigenvalue weighted by Gasteiger charge is -2.08. The van der Waals surface area contributed by atoms with Crippen LogP contribution in [0.2, 0.25) is 10.0 Å². The molecule has 90 valence electrons. The van der Waals surface area contributed by atoms with Crippen LogP contribution in [0.1, 0.15) is 5.56 Å². The molecule has 2 aromatic carbocycles. The van der Waals surface area contributed by atoms with E-state index in [2.05, 4.69) is 0 Å². The Morgan fingerprint density at radius 2 is 1.89 bits per heavy atom. The molecule has 0 radical (unpaired) electrons. The lowest BCUT2D eigenvalue weighted by Crippen LogP contribution is -1.88. The lowest BCUT2D eigenvalue weighted by atomic mass is 10.2. The van der Waals surface area contributed by atoms with Crippen molar-refractivity contribution in [3.05, 3.63) is 57.8 Å². The molecule has 0 fully saturated rings. The molecule has 0 unspecified atom stereocenters. The molecule has 0 atom stereocenters. The number of hydrogen-bond donors (Lipinski definition) is 0. The minimum Gasteiger partial charge on any atom is -0.456 e. The first-order chi connectivity index (χ1) is 8.58. The fourth-order valence-corrected chi connectivity index (χ4v) is 1.82. The highest BCUT2D eigenvalue weighted by molar-refractivity contribution is 6.35. The van der Waals surface area contributed by atoms with Crippen LogP contribution in [0, 0.1) is 17.1 Å². The van der Waals surface area contributed by atoms with E-state index in [0.29, 0.717) is 15.8 Å². The van der Waals surface area contributed by atoms with Crippen LogP contribution in [0.15, 0.2) is 36.4 Å². The SMILES string of the molecule is N#Cc1cc(F)cc(Oc2ccc(Cl)cc2Cl)c1. The minimum absolute atomic E-state index is 0.176. The quantitative estimate of drug-likeness (QED) is 0.792. The Morgan fingerprint density at radius 3 is 2.56 bits per heavy atom. The summed E-state index contributed by atoms with van der Waals surface area (Å²) in [5, 5.41) is 9.51. The van der Waals surface area contributed by atoms with Crippen LogP contribution in [-0.2, 0) is 0 Å². The van der Waals surface area contributed by atoms with E-state index < -0.39 is 5.82 Å². The Labute approximate surface area is 113 Å². The van der Waals surface area contributed by atoms with Gasteiger partial charge in [0.2, 0.25) is 0 Å². The number of halogens is 3. The topological polar surface area (TPSA) is 33.0 Å². The van der Waals surface area contributed by atoms with Gasteiger partial charge in [-0.3, -0.25) is 0 Å². The van der Waals surface area contributed by atoms with Crippen LogP contribution in [0.25, 0.3) is 0 Å². The van der Waals surface area contributed by atoms with Crippen molar-refractivity contribution >= 4 is 23.2 Å². The summed E-state index contributed by atoms with van der Waals surface area (Å²) in [4.78, 5) is 0. The standard InChI is InChI=1S/C13H6Cl2FNO/c14-9-1-2-13(12(15)5-9)18-11-4-8(7-17)3-10(16)6-11/h1-6H. The second kappa shape index (κ2) is 5.26. The molecule has 0 heterocycles. The van der Waals surface area contributed by atoms with Crippen LogP contribution in [0.5, 0.6) is 11.5 Å². The molecule has 0 aliphatic carbocycles. The highest BCUT2D eigenvalue weighted by Crippen LogP contribution is 2.32. The summed E-state index contributed by atoms with van der Waals surface area (Å²) in [6.45, 7) is 0. The molecule has 5 heteroatoms. The zero-order chi connectivity index (χ0) is 13.1. The van der Waals surface area contributed by atoms with Crippen molar-refractivity contribution < 1.29 is 9.13 Å². The number of rotatable bonds is 2. The van der Waals surface area contributed by atoms with E-state index in [1.165, 1.54) is 18.2 Å². The van der Waals surface area contributed by atoms with Gasteiger partial charge in [0, 0.05) is 11.1 Å². The van der Waals surface area contributed by atoms with Gasteiger partial charge < -0.3 is 4.74 Å². The van der Waals surface area contributed by atoms with E-state index >= 15 is 0 Å². The van der Waals surface area contributed by atoms with Crippen LogP contribution in [0.3, 0.4) is 0 Å². The second-order valence-corrected chi connectivity index (χ2v) is 4.31. The van der Waals surface area contributed by atoms with E-state index in [1.54, 1.807) is 12.1 Å². The van der Waals surface area contributed by atoms with Crippen molar-refractivity contribution in [2.75, 3.05) is 0 Å². The molecule has 0 saturated heterocycles. The van der Waals surface area contributed by atoms with Crippen molar-refractivity contribution in [2.24, 2.45) is 0 Å². The Morgan fingerprint density at radius 1 is 1.11 bits per heavy atom. The van der Waals surface area contributed by atoms with Gasteiger partial charge in [0.15, 0.2) is 0 Å². The normalized spacial score (nSPS) is 9.89. The van der Waals surface area contributed by atoms with E-state index in [1.807, 2.05) is 6.07 Å². The summed E-state index contributed by atoms with van der Waals surface area (Å²) < 4.78 is 18.6. The van der Waals surface area contributed by atoms with Crippen molar-refractivity contribution in [2.45, 2.75) is 0 Å². The third-order valence-electron chi connectivity index (χ3n) is 2.12. The van der Waals surface area contributed by atoms with Gasteiger partial charge in [0.1, 0.15) is 17.3 Å². The molecule has 0 aliphatic heterocycles. The molecule has 0 aromatic heterocycles. The third-order valence-corrected chi connectivity index (χ3v) is 2.65. The van der Waals surface area contributed by atoms with Crippen LogP contribution in [-0.4, -0.2) is 0 Å². The van der Waals surface area contributed by atoms with Gasteiger partial charge in [0.25, 0.3) is 0 Å². The zero-order valence-corrected chi connectivity index (χ0v) is 10.5. The Hall–Kier alpha value is -1.76. The first-order valence-electron chi connectivity index (χ1n) is 4.92. The van der Waals surface area contributed by atoms with Crippen LogP contribution < -0.4 is 4.74 Å². The highest BCUT2D eigenvalue weighted by Gasteiger charge is 2.06. The fraction of sp³-hybridized carbons (Fsp3) is 0. The monoisotopic (exact) mass is 281 g/mol. The smallest absolute Gasteiger partial charge is 0.146 e. The molecule has 18 heavy (non-hydrogen) atoms. The number of ether oxygens (including phenoxy) is 1. The van der Waals surface area contributed by atoms with Gasteiger partial charge in [-0.05, 0) is 30.3 Å². The molecule has 0 aliphatic rings. The van der Waals surface area contributed by atoms with E-state index in [4.69, 9.17) is 33.2 Å². The highest BCUT2D eigenvalue weighted by atomic mass is 35.5. The predicted octanol–water partition coefficient (Wildman–Crippen LogP) is 4.80. The van der Waals surface area contributed by atoms with Gasteiger partial charge in [-0.25, -0.2) is 4.39 Å². The first-order valence-corrected chi connectivity index (χ1v) is 5.67.